The predicted octanol–water partition coefficient (Wildman–Crippen LogP) is 2.38. The third-order valence-electron chi connectivity index (χ3n) is 5.83. The molecule has 0 spiro atoms. The number of hydrogen-bond donors (Lipinski definition) is 2. The van der Waals surface area contributed by atoms with E-state index in [-0.39, 0.29) is 17.1 Å². The quantitative estimate of drug-likeness (QED) is 0.714. The zero-order chi connectivity index (χ0) is 14.7. The zero-order valence-corrected chi connectivity index (χ0v) is 12.5. The van der Waals surface area contributed by atoms with Crippen LogP contribution >= 0.6 is 0 Å². The molecule has 0 radical (unpaired) electrons. The van der Waals surface area contributed by atoms with Crippen LogP contribution in [0.5, 0.6) is 0 Å². The zero-order valence-electron chi connectivity index (χ0n) is 12.5. The number of rotatable bonds is 0. The Bertz CT molecular complexity index is 514. The molecular formula is C17H24O3. The molecule has 3 aliphatic rings. The average Bonchev–Trinajstić information content (AvgIpc) is 2.35. The maximum Gasteiger partial charge on any atom is 0.156 e. The largest absolute Gasteiger partial charge is 0.392 e. The lowest BCUT2D eigenvalue weighted by Gasteiger charge is -2.58. The number of carbonyl (C=O) groups excluding carboxylic acids is 1. The van der Waals surface area contributed by atoms with Crippen molar-refractivity contribution in [3.05, 3.63) is 23.3 Å². The van der Waals surface area contributed by atoms with Crippen LogP contribution in [0, 0.1) is 16.7 Å². The van der Waals surface area contributed by atoms with Gasteiger partial charge in [-0.1, -0.05) is 26.8 Å². The van der Waals surface area contributed by atoms with Gasteiger partial charge in [0.1, 0.15) is 0 Å². The monoisotopic (exact) mass is 276 g/mol. The SMILES string of the molecule is CC1(C)CCC(O)C2(C)C3=CC(=O)CCC3=CC(O)C12. The molecule has 0 bridgehead atoms. The fourth-order valence-corrected chi connectivity index (χ4v) is 4.84. The van der Waals surface area contributed by atoms with Crippen LogP contribution in [-0.4, -0.2) is 28.2 Å². The Morgan fingerprint density at radius 2 is 1.90 bits per heavy atom. The first kappa shape index (κ1) is 14.0. The molecule has 0 saturated heterocycles. The highest BCUT2D eigenvalue weighted by Crippen LogP contribution is 2.60. The number of ketones is 1. The van der Waals surface area contributed by atoms with Crippen LogP contribution in [0.2, 0.25) is 0 Å². The van der Waals surface area contributed by atoms with E-state index < -0.39 is 17.6 Å². The highest BCUT2D eigenvalue weighted by atomic mass is 16.3. The molecule has 0 aromatic carbocycles. The Labute approximate surface area is 120 Å². The van der Waals surface area contributed by atoms with Gasteiger partial charge >= 0.3 is 0 Å². The molecule has 4 unspecified atom stereocenters. The molecule has 0 heterocycles. The predicted molar refractivity (Wildman–Crippen MR) is 77.0 cm³/mol. The summed E-state index contributed by atoms with van der Waals surface area (Å²) in [6, 6.07) is 0. The van der Waals surface area contributed by atoms with Crippen molar-refractivity contribution in [2.45, 2.75) is 58.7 Å². The summed E-state index contributed by atoms with van der Waals surface area (Å²) < 4.78 is 0. The molecule has 0 aliphatic heterocycles. The third-order valence-corrected chi connectivity index (χ3v) is 5.83. The van der Waals surface area contributed by atoms with Gasteiger partial charge < -0.3 is 10.2 Å². The third kappa shape index (κ3) is 1.76. The molecule has 3 nitrogen and oxygen atoms in total. The molecule has 2 N–H and O–H groups in total. The van der Waals surface area contributed by atoms with Gasteiger partial charge in [0, 0.05) is 17.8 Å². The van der Waals surface area contributed by atoms with E-state index in [9.17, 15) is 15.0 Å². The van der Waals surface area contributed by atoms with Gasteiger partial charge in [-0.15, -0.1) is 0 Å². The van der Waals surface area contributed by atoms with E-state index in [1.807, 2.05) is 13.0 Å². The Balaban J connectivity index is 2.20. The Kier molecular flexibility index (Phi) is 3.00. The van der Waals surface area contributed by atoms with Crippen molar-refractivity contribution in [1.82, 2.24) is 0 Å². The number of hydrogen-bond acceptors (Lipinski definition) is 3. The summed E-state index contributed by atoms with van der Waals surface area (Å²) in [4.78, 5) is 11.8. The molecule has 3 rings (SSSR count). The number of aliphatic hydroxyl groups excluding tert-OH is 2. The minimum Gasteiger partial charge on any atom is -0.392 e. The lowest BCUT2D eigenvalue weighted by atomic mass is 9.48. The molecule has 1 fully saturated rings. The van der Waals surface area contributed by atoms with E-state index in [1.165, 1.54) is 0 Å². The second-order valence-corrected chi connectivity index (χ2v) is 7.51. The minimum atomic E-state index is -0.537. The number of carbonyl (C=O) groups is 1. The van der Waals surface area contributed by atoms with Crippen LogP contribution in [0.4, 0.5) is 0 Å². The maximum absolute atomic E-state index is 11.8. The van der Waals surface area contributed by atoms with E-state index in [4.69, 9.17) is 0 Å². The summed E-state index contributed by atoms with van der Waals surface area (Å²) in [6.45, 7) is 6.36. The molecule has 1 saturated carbocycles. The van der Waals surface area contributed by atoms with Crippen LogP contribution in [-0.2, 0) is 4.79 Å². The molecule has 4 atom stereocenters. The van der Waals surface area contributed by atoms with Gasteiger partial charge in [-0.3, -0.25) is 4.79 Å². The normalized spacial score (nSPS) is 43.2. The van der Waals surface area contributed by atoms with Gasteiger partial charge in [0.25, 0.3) is 0 Å². The molecule has 110 valence electrons. The topological polar surface area (TPSA) is 57.5 Å². The van der Waals surface area contributed by atoms with Gasteiger partial charge in [-0.05, 0) is 41.9 Å². The van der Waals surface area contributed by atoms with Crippen molar-refractivity contribution < 1.29 is 15.0 Å². The summed E-state index contributed by atoms with van der Waals surface area (Å²) >= 11 is 0. The average molecular weight is 276 g/mol. The van der Waals surface area contributed by atoms with E-state index in [0.29, 0.717) is 12.8 Å². The Hall–Kier alpha value is -0.930. The van der Waals surface area contributed by atoms with Gasteiger partial charge in [0.2, 0.25) is 0 Å². The van der Waals surface area contributed by atoms with E-state index in [0.717, 1.165) is 24.0 Å². The summed E-state index contributed by atoms with van der Waals surface area (Å²) in [5, 5.41) is 21.3. The van der Waals surface area contributed by atoms with Crippen LogP contribution in [0.1, 0.15) is 46.5 Å². The van der Waals surface area contributed by atoms with E-state index in [1.54, 1.807) is 6.08 Å². The first-order valence-electron chi connectivity index (χ1n) is 7.59. The molecule has 20 heavy (non-hydrogen) atoms. The highest BCUT2D eigenvalue weighted by Gasteiger charge is 2.58. The van der Waals surface area contributed by atoms with Crippen molar-refractivity contribution in [1.29, 1.82) is 0 Å². The first-order chi connectivity index (χ1) is 9.26. The van der Waals surface area contributed by atoms with Crippen molar-refractivity contribution in [3.8, 4) is 0 Å². The van der Waals surface area contributed by atoms with Gasteiger partial charge in [0.05, 0.1) is 12.2 Å². The van der Waals surface area contributed by atoms with Crippen molar-refractivity contribution in [2.24, 2.45) is 16.7 Å². The van der Waals surface area contributed by atoms with E-state index in [2.05, 4.69) is 13.8 Å². The summed E-state index contributed by atoms with van der Waals surface area (Å²) in [5.74, 6) is 0.101. The fraction of sp³-hybridized carbons (Fsp3) is 0.706. The second kappa shape index (κ2) is 4.28. The van der Waals surface area contributed by atoms with E-state index >= 15 is 0 Å². The van der Waals surface area contributed by atoms with Crippen LogP contribution in [0.15, 0.2) is 23.3 Å². The van der Waals surface area contributed by atoms with Crippen molar-refractivity contribution in [2.75, 3.05) is 0 Å². The molecule has 3 aliphatic carbocycles. The lowest BCUT2D eigenvalue weighted by Crippen LogP contribution is -2.57. The van der Waals surface area contributed by atoms with Crippen molar-refractivity contribution >= 4 is 5.78 Å². The molecule has 0 aromatic heterocycles. The number of allylic oxidation sites excluding steroid dienone is 2. The minimum absolute atomic E-state index is 0.0420. The van der Waals surface area contributed by atoms with Gasteiger partial charge in [0.15, 0.2) is 5.78 Å². The number of fused-ring (bicyclic) bond motifs is 3. The van der Waals surface area contributed by atoms with Gasteiger partial charge in [-0.2, -0.15) is 0 Å². The number of aliphatic hydroxyl groups is 2. The molecule has 0 amide bonds. The Morgan fingerprint density at radius 1 is 1.20 bits per heavy atom. The summed E-state index contributed by atoms with van der Waals surface area (Å²) in [7, 11) is 0. The first-order valence-corrected chi connectivity index (χ1v) is 7.59. The summed E-state index contributed by atoms with van der Waals surface area (Å²) in [5.41, 5.74) is 1.48. The second-order valence-electron chi connectivity index (χ2n) is 7.51. The fourth-order valence-electron chi connectivity index (χ4n) is 4.84. The smallest absolute Gasteiger partial charge is 0.156 e. The van der Waals surface area contributed by atoms with Crippen LogP contribution < -0.4 is 0 Å². The van der Waals surface area contributed by atoms with Gasteiger partial charge in [-0.25, -0.2) is 0 Å². The molecular weight excluding hydrogens is 252 g/mol. The lowest BCUT2D eigenvalue weighted by molar-refractivity contribution is -0.122. The van der Waals surface area contributed by atoms with Crippen LogP contribution in [0.25, 0.3) is 0 Å². The Morgan fingerprint density at radius 3 is 2.60 bits per heavy atom. The summed E-state index contributed by atoms with van der Waals surface area (Å²) in [6.07, 6.45) is 5.45. The standard InChI is InChI=1S/C17H24O3/c1-16(2)7-6-14(20)17(3)12-9-11(18)5-4-10(12)8-13(19)15(16)17/h8-9,13-15,19-20H,4-7H2,1-3H3. The maximum atomic E-state index is 11.8. The van der Waals surface area contributed by atoms with Crippen LogP contribution in [0.3, 0.4) is 0 Å². The molecule has 3 heteroatoms. The molecule has 0 aromatic rings. The highest BCUT2D eigenvalue weighted by molar-refractivity contribution is 5.93. The van der Waals surface area contributed by atoms with Crippen molar-refractivity contribution in [3.63, 3.8) is 0 Å².